The fourth-order valence-corrected chi connectivity index (χ4v) is 0.553. The van der Waals surface area contributed by atoms with Crippen LogP contribution in [0, 0.1) is 0 Å². The lowest BCUT2D eigenvalue weighted by Gasteiger charge is -2.19. The number of hydrogen-bond acceptors (Lipinski definition) is 1. The summed E-state index contributed by atoms with van der Waals surface area (Å²) in [5, 5.41) is 0. The Bertz CT molecular complexity index is 157. The second-order valence-corrected chi connectivity index (χ2v) is 2.18. The normalized spacial score (nSPS) is 12.8. The molecule has 0 aliphatic carbocycles. The van der Waals surface area contributed by atoms with Crippen molar-refractivity contribution >= 4 is 6.41 Å². The van der Waals surface area contributed by atoms with E-state index in [1.54, 1.807) is 0 Å². The van der Waals surface area contributed by atoms with E-state index in [1.807, 2.05) is 0 Å². The predicted octanol–water partition coefficient (Wildman–Crippen LogP) is 1.48. The lowest BCUT2D eigenvalue weighted by Crippen LogP contribution is -2.39. The van der Waals surface area contributed by atoms with Crippen molar-refractivity contribution in [2.45, 2.75) is 12.4 Å². The molecule has 0 aromatic heterocycles. The Morgan fingerprint density at radius 2 is 1.23 bits per heavy atom. The maximum atomic E-state index is 11.5. The molecule has 0 saturated carbocycles. The monoisotopic (exact) mass is 208 g/mol. The van der Waals surface area contributed by atoms with E-state index in [9.17, 15) is 31.1 Å². The van der Waals surface area contributed by atoms with Crippen molar-refractivity contribution in [3.63, 3.8) is 0 Å². The summed E-state index contributed by atoms with van der Waals surface area (Å²) in [6, 6.07) is 0. The SMILES string of the molecule is O=[C]N(CC(F)(F)F)CC(F)(F)F. The second kappa shape index (κ2) is 3.84. The van der Waals surface area contributed by atoms with Crippen LogP contribution in [0.15, 0.2) is 0 Å². The number of nitrogens with zero attached hydrogens (tertiary/aromatic N) is 1. The molecule has 1 radical (unpaired) electrons. The standard InChI is InChI=1S/C5H4F6NO/c6-4(7,8)1-12(3-13)2-5(9,10)11/h1-2H2. The molecule has 77 valence electrons. The third-order valence-electron chi connectivity index (χ3n) is 0.869. The molecule has 0 heterocycles. The summed E-state index contributed by atoms with van der Waals surface area (Å²) in [6.07, 6.45) is -9.13. The Morgan fingerprint density at radius 3 is 1.38 bits per heavy atom. The van der Waals surface area contributed by atoms with Crippen LogP contribution in [0.2, 0.25) is 0 Å². The number of amides is 1. The first-order chi connectivity index (χ1) is 5.64. The van der Waals surface area contributed by atoms with Gasteiger partial charge < -0.3 is 4.90 Å². The molecule has 13 heavy (non-hydrogen) atoms. The average molecular weight is 208 g/mol. The van der Waals surface area contributed by atoms with E-state index in [0.29, 0.717) is 6.41 Å². The van der Waals surface area contributed by atoms with Gasteiger partial charge in [-0.15, -0.1) is 0 Å². The van der Waals surface area contributed by atoms with Gasteiger partial charge in [-0.3, -0.25) is 4.79 Å². The van der Waals surface area contributed by atoms with E-state index in [2.05, 4.69) is 0 Å². The minimum Gasteiger partial charge on any atom is -0.316 e. The summed E-state index contributed by atoms with van der Waals surface area (Å²) >= 11 is 0. The van der Waals surface area contributed by atoms with E-state index in [0.717, 1.165) is 0 Å². The molecule has 0 N–H and O–H groups in total. The van der Waals surface area contributed by atoms with Gasteiger partial charge >= 0.3 is 18.8 Å². The van der Waals surface area contributed by atoms with Crippen LogP contribution in [-0.2, 0) is 4.79 Å². The van der Waals surface area contributed by atoms with Gasteiger partial charge in [0.2, 0.25) is 0 Å². The van der Waals surface area contributed by atoms with Gasteiger partial charge in [-0.2, -0.15) is 26.3 Å². The highest BCUT2D eigenvalue weighted by Gasteiger charge is 2.37. The van der Waals surface area contributed by atoms with Gasteiger partial charge in [-0.1, -0.05) is 0 Å². The fourth-order valence-electron chi connectivity index (χ4n) is 0.553. The Kier molecular flexibility index (Phi) is 3.56. The van der Waals surface area contributed by atoms with Gasteiger partial charge in [0.25, 0.3) is 0 Å². The highest BCUT2D eigenvalue weighted by atomic mass is 19.4. The number of halogens is 6. The smallest absolute Gasteiger partial charge is 0.316 e. The Balaban J connectivity index is 4.13. The lowest BCUT2D eigenvalue weighted by molar-refractivity contribution is -0.167. The topological polar surface area (TPSA) is 20.3 Å². The molecule has 0 fully saturated rings. The van der Waals surface area contributed by atoms with Crippen molar-refractivity contribution in [3.05, 3.63) is 0 Å². The van der Waals surface area contributed by atoms with E-state index in [4.69, 9.17) is 0 Å². The van der Waals surface area contributed by atoms with E-state index >= 15 is 0 Å². The zero-order valence-corrected chi connectivity index (χ0v) is 6.04. The van der Waals surface area contributed by atoms with Gasteiger partial charge in [0.05, 0.1) is 0 Å². The van der Waals surface area contributed by atoms with Crippen molar-refractivity contribution in [3.8, 4) is 0 Å². The zero-order chi connectivity index (χ0) is 10.7. The summed E-state index contributed by atoms with van der Waals surface area (Å²) in [4.78, 5) is 9.15. The number of carbonyl (C=O) groups excluding carboxylic acids is 1. The Morgan fingerprint density at radius 1 is 0.923 bits per heavy atom. The molecule has 0 spiro atoms. The second-order valence-electron chi connectivity index (χ2n) is 2.18. The Labute approximate surface area is 69.1 Å². The van der Waals surface area contributed by atoms with Crippen molar-refractivity contribution in [2.75, 3.05) is 13.1 Å². The molecule has 0 aromatic rings. The molecule has 0 saturated heterocycles. The van der Waals surface area contributed by atoms with Gasteiger partial charge in [0.1, 0.15) is 13.1 Å². The minimum absolute atomic E-state index is 0.514. The molecule has 0 bridgehead atoms. The molecule has 0 rings (SSSR count). The van der Waals surface area contributed by atoms with Crippen LogP contribution in [0.3, 0.4) is 0 Å². The van der Waals surface area contributed by atoms with Gasteiger partial charge in [0, 0.05) is 0 Å². The number of hydrogen-bond donors (Lipinski definition) is 0. The van der Waals surface area contributed by atoms with Crippen LogP contribution < -0.4 is 0 Å². The van der Waals surface area contributed by atoms with Crippen LogP contribution in [0.4, 0.5) is 26.3 Å². The number of alkyl halides is 6. The highest BCUT2D eigenvalue weighted by Crippen LogP contribution is 2.20. The highest BCUT2D eigenvalue weighted by molar-refractivity contribution is 5.48. The summed E-state index contributed by atoms with van der Waals surface area (Å²) in [5.74, 6) is 0. The lowest BCUT2D eigenvalue weighted by atomic mass is 10.5. The third kappa shape index (κ3) is 7.41. The quantitative estimate of drug-likeness (QED) is 0.508. The summed E-state index contributed by atoms with van der Waals surface area (Å²) in [7, 11) is 0. The molecule has 1 amide bonds. The first-order valence-corrected chi connectivity index (χ1v) is 2.90. The largest absolute Gasteiger partial charge is 0.406 e. The average Bonchev–Trinajstić information content (AvgIpc) is 1.79. The minimum atomic E-state index is -4.84. The van der Waals surface area contributed by atoms with Crippen molar-refractivity contribution in [1.29, 1.82) is 0 Å². The molecular weight excluding hydrogens is 204 g/mol. The summed E-state index contributed by atoms with van der Waals surface area (Å²) in [6.45, 7) is -3.90. The van der Waals surface area contributed by atoms with Crippen molar-refractivity contribution in [1.82, 2.24) is 4.90 Å². The first-order valence-electron chi connectivity index (χ1n) is 2.90. The van der Waals surface area contributed by atoms with Gasteiger partial charge in [-0.25, -0.2) is 0 Å². The summed E-state index contributed by atoms with van der Waals surface area (Å²) < 4.78 is 68.9. The van der Waals surface area contributed by atoms with E-state index in [1.165, 1.54) is 0 Å². The molecule has 0 unspecified atom stereocenters. The van der Waals surface area contributed by atoms with Crippen LogP contribution in [0.25, 0.3) is 0 Å². The van der Waals surface area contributed by atoms with Gasteiger partial charge in [0.15, 0.2) is 0 Å². The molecule has 0 aliphatic rings. The third-order valence-corrected chi connectivity index (χ3v) is 0.869. The number of rotatable bonds is 3. The molecule has 0 aromatic carbocycles. The predicted molar refractivity (Wildman–Crippen MR) is 29.4 cm³/mol. The van der Waals surface area contributed by atoms with E-state index in [-0.39, 0.29) is 0 Å². The van der Waals surface area contributed by atoms with Crippen molar-refractivity contribution in [2.24, 2.45) is 0 Å². The maximum absolute atomic E-state index is 11.5. The summed E-state index contributed by atoms with van der Waals surface area (Å²) in [5.41, 5.74) is 0. The Hall–Kier alpha value is -0.950. The molecule has 0 atom stereocenters. The van der Waals surface area contributed by atoms with E-state index < -0.39 is 30.3 Å². The van der Waals surface area contributed by atoms with Crippen LogP contribution >= 0.6 is 0 Å². The van der Waals surface area contributed by atoms with Crippen LogP contribution in [0.1, 0.15) is 0 Å². The molecule has 8 heteroatoms. The van der Waals surface area contributed by atoms with Crippen LogP contribution in [0.5, 0.6) is 0 Å². The van der Waals surface area contributed by atoms with Crippen molar-refractivity contribution < 1.29 is 31.1 Å². The van der Waals surface area contributed by atoms with Crippen LogP contribution in [-0.4, -0.2) is 36.8 Å². The fraction of sp³-hybridized carbons (Fsp3) is 0.800. The molecular formula is C5H4F6NO. The van der Waals surface area contributed by atoms with Gasteiger partial charge in [-0.05, 0) is 0 Å². The molecule has 2 nitrogen and oxygen atoms in total. The zero-order valence-electron chi connectivity index (χ0n) is 6.04. The first kappa shape index (κ1) is 12.0. The molecule has 0 aliphatic heterocycles. The maximum Gasteiger partial charge on any atom is 0.406 e.